The molecule has 0 aliphatic heterocycles. The number of carbonyl (C=O) groups is 2. The molecule has 9 heteroatoms. The van der Waals surface area contributed by atoms with Gasteiger partial charge < -0.3 is 30.6 Å². The van der Waals surface area contributed by atoms with Gasteiger partial charge in [-0.1, -0.05) is 0 Å². The van der Waals surface area contributed by atoms with Crippen LogP contribution in [0.15, 0.2) is 0 Å². The number of hydrogen-bond acceptors (Lipinski definition) is 6. The summed E-state index contributed by atoms with van der Waals surface area (Å²) in [4.78, 5) is 19.2. The largest absolute Gasteiger partial charge is 1.00 e. The SMILES string of the molecule is O=C([O-])CNCC(=O)[O-].[Na+].[Na+].[Na+].[OH-]. The molecule has 6 nitrogen and oxygen atoms in total. The third-order valence-electron chi connectivity index (χ3n) is 0.539. The van der Waals surface area contributed by atoms with Crippen molar-refractivity contribution in [2.45, 2.75) is 0 Å². The zero-order valence-electron chi connectivity index (χ0n) is 7.99. The van der Waals surface area contributed by atoms with Gasteiger partial charge in [0.15, 0.2) is 0 Å². The predicted molar refractivity (Wildman–Crippen MR) is 24.8 cm³/mol. The molecule has 0 unspecified atom stereocenters. The predicted octanol–water partition coefficient (Wildman–Crippen LogP) is -13.1. The minimum Gasteiger partial charge on any atom is -0.870 e. The molecule has 0 spiro atoms. The Morgan fingerprint density at radius 2 is 1.15 bits per heavy atom. The van der Waals surface area contributed by atoms with E-state index < -0.39 is 25.0 Å². The van der Waals surface area contributed by atoms with E-state index in [-0.39, 0.29) is 94.1 Å². The molecule has 0 aromatic carbocycles. The summed E-state index contributed by atoms with van der Waals surface area (Å²) in [6.45, 7) is -0.929. The van der Waals surface area contributed by atoms with Crippen LogP contribution in [0.5, 0.6) is 0 Å². The van der Waals surface area contributed by atoms with Crippen LogP contribution in [0.3, 0.4) is 0 Å². The van der Waals surface area contributed by atoms with E-state index in [4.69, 9.17) is 0 Å². The van der Waals surface area contributed by atoms with Crippen molar-refractivity contribution in [3.63, 3.8) is 0 Å². The van der Waals surface area contributed by atoms with Crippen molar-refractivity contribution in [2.75, 3.05) is 13.1 Å². The van der Waals surface area contributed by atoms with Crippen LogP contribution >= 0.6 is 0 Å². The summed E-state index contributed by atoms with van der Waals surface area (Å²) >= 11 is 0. The van der Waals surface area contributed by atoms with Crippen molar-refractivity contribution < 1.29 is 114 Å². The third kappa shape index (κ3) is 31.6. The quantitative estimate of drug-likeness (QED) is 0.466. The van der Waals surface area contributed by atoms with Gasteiger partial charge in [-0.15, -0.1) is 0 Å². The summed E-state index contributed by atoms with van der Waals surface area (Å²) in [6, 6.07) is 0. The second kappa shape index (κ2) is 19.4. The second-order valence-corrected chi connectivity index (χ2v) is 1.35. The van der Waals surface area contributed by atoms with E-state index >= 15 is 0 Å². The molecule has 0 aromatic heterocycles. The first kappa shape index (κ1) is 29.4. The van der Waals surface area contributed by atoms with E-state index in [2.05, 4.69) is 5.32 Å². The summed E-state index contributed by atoms with van der Waals surface area (Å²) < 4.78 is 0. The molecule has 0 rings (SSSR count). The van der Waals surface area contributed by atoms with Crippen LogP contribution in [-0.4, -0.2) is 30.5 Å². The van der Waals surface area contributed by atoms with Crippen molar-refractivity contribution in [3.05, 3.63) is 0 Å². The Kier molecular flexibility index (Phi) is 43.9. The Balaban J connectivity index is -0.0000000533. The maximum atomic E-state index is 9.59. The molecular formula is C4H6NNa3O5. The molecule has 0 bridgehead atoms. The smallest absolute Gasteiger partial charge is 0.870 e. The van der Waals surface area contributed by atoms with Crippen LogP contribution in [0, 0.1) is 0 Å². The van der Waals surface area contributed by atoms with Gasteiger partial charge in [0, 0.05) is 13.1 Å². The molecule has 0 saturated carbocycles. The third-order valence-corrected chi connectivity index (χ3v) is 0.539. The number of nitrogens with one attached hydrogen (secondary N) is 1. The first-order chi connectivity index (χ1) is 4.13. The molecule has 0 aromatic rings. The Morgan fingerprint density at radius 3 is 1.31 bits per heavy atom. The van der Waals surface area contributed by atoms with Gasteiger partial charge in [-0.3, -0.25) is 0 Å². The maximum Gasteiger partial charge on any atom is 1.00 e. The van der Waals surface area contributed by atoms with Gasteiger partial charge in [-0.05, 0) is 0 Å². The summed E-state index contributed by atoms with van der Waals surface area (Å²) in [5, 5.41) is 21.2. The van der Waals surface area contributed by atoms with Gasteiger partial charge in [-0.25, -0.2) is 0 Å². The standard InChI is InChI=1S/C4H7NO4.3Na.H2O/c6-3(7)1-5-2-4(8)9;;;;/h5H,1-2H2,(H,6,7)(H,8,9);;;;1H2/q;3*+1;/p-3. The van der Waals surface area contributed by atoms with Crippen LogP contribution in [-0.2, 0) is 9.59 Å². The molecule has 0 aliphatic rings. The van der Waals surface area contributed by atoms with E-state index in [9.17, 15) is 19.8 Å². The number of rotatable bonds is 4. The molecule has 0 radical (unpaired) electrons. The molecule has 0 heterocycles. The first-order valence-corrected chi connectivity index (χ1v) is 2.23. The first-order valence-electron chi connectivity index (χ1n) is 2.23. The van der Waals surface area contributed by atoms with Gasteiger partial charge in [0.25, 0.3) is 0 Å². The number of carboxylic acid groups (broad SMARTS) is 2. The van der Waals surface area contributed by atoms with E-state index in [1.807, 2.05) is 0 Å². The van der Waals surface area contributed by atoms with E-state index in [1.165, 1.54) is 0 Å². The van der Waals surface area contributed by atoms with Crippen LogP contribution in [0.4, 0.5) is 0 Å². The topological polar surface area (TPSA) is 122 Å². The van der Waals surface area contributed by atoms with Gasteiger partial charge >= 0.3 is 88.7 Å². The maximum absolute atomic E-state index is 9.59. The average molecular weight is 217 g/mol. The fraction of sp³-hybridized carbons (Fsp3) is 0.500. The number of hydrogen-bond donors (Lipinski definition) is 1. The van der Waals surface area contributed by atoms with Crippen molar-refractivity contribution in [2.24, 2.45) is 0 Å². The van der Waals surface area contributed by atoms with Gasteiger partial charge in [0.2, 0.25) is 0 Å². The van der Waals surface area contributed by atoms with Crippen LogP contribution in [0.2, 0.25) is 0 Å². The molecule has 2 N–H and O–H groups in total. The summed E-state index contributed by atoms with van der Waals surface area (Å²) in [5.74, 6) is -2.67. The van der Waals surface area contributed by atoms with E-state index in [0.29, 0.717) is 0 Å². The molecule has 0 atom stereocenters. The Bertz CT molecular complexity index is 119. The zero-order chi connectivity index (χ0) is 7.28. The fourth-order valence-corrected chi connectivity index (χ4v) is 0.267. The van der Waals surface area contributed by atoms with Gasteiger partial charge in [0.05, 0.1) is 11.9 Å². The average Bonchev–Trinajstić information content (AvgIpc) is 1.63. The molecular weight excluding hydrogens is 211 g/mol. The van der Waals surface area contributed by atoms with Crippen molar-refractivity contribution in [1.82, 2.24) is 5.32 Å². The Morgan fingerprint density at radius 1 is 0.923 bits per heavy atom. The normalized spacial score (nSPS) is 6.15. The number of carbonyl (C=O) groups excluding carboxylic acids is 2. The van der Waals surface area contributed by atoms with E-state index in [0.717, 1.165) is 0 Å². The van der Waals surface area contributed by atoms with Crippen LogP contribution < -0.4 is 104 Å². The summed E-state index contributed by atoms with van der Waals surface area (Å²) in [6.07, 6.45) is 0. The number of aliphatic carboxylic acids is 2. The minimum absolute atomic E-state index is 0. The summed E-state index contributed by atoms with van der Waals surface area (Å²) in [5.41, 5.74) is 0. The fourth-order valence-electron chi connectivity index (χ4n) is 0.267. The van der Waals surface area contributed by atoms with Gasteiger partial charge in [-0.2, -0.15) is 0 Å². The molecule has 0 amide bonds. The Hall–Kier alpha value is 1.86. The minimum atomic E-state index is -1.34. The molecule has 0 saturated heterocycles. The second-order valence-electron chi connectivity index (χ2n) is 1.35. The summed E-state index contributed by atoms with van der Waals surface area (Å²) in [7, 11) is 0. The molecule has 60 valence electrons. The van der Waals surface area contributed by atoms with Crippen molar-refractivity contribution in [1.29, 1.82) is 0 Å². The Labute approximate surface area is 142 Å². The van der Waals surface area contributed by atoms with E-state index in [1.54, 1.807) is 0 Å². The zero-order valence-corrected chi connectivity index (χ0v) is 14.0. The molecule has 13 heavy (non-hydrogen) atoms. The monoisotopic (exact) mass is 217 g/mol. The van der Waals surface area contributed by atoms with Crippen molar-refractivity contribution in [3.8, 4) is 0 Å². The molecule has 0 aliphatic carbocycles. The number of carboxylic acids is 2. The van der Waals surface area contributed by atoms with Crippen LogP contribution in [0.1, 0.15) is 0 Å². The van der Waals surface area contributed by atoms with Crippen LogP contribution in [0.25, 0.3) is 0 Å². The van der Waals surface area contributed by atoms with Gasteiger partial charge in [0.1, 0.15) is 0 Å². The molecule has 0 fully saturated rings. The van der Waals surface area contributed by atoms with Crippen molar-refractivity contribution >= 4 is 11.9 Å².